The van der Waals surface area contributed by atoms with Crippen LogP contribution in [0.1, 0.15) is 5.56 Å². The average Bonchev–Trinajstić information content (AvgIpc) is 2.67. The normalized spacial score (nSPS) is 26.5. The molecule has 1 amide bonds. The Morgan fingerprint density at radius 3 is 3.00 bits per heavy atom. The fraction of sp³-hybridized carbons (Fsp3) is 0.562. The second-order valence-electron chi connectivity index (χ2n) is 6.10. The van der Waals surface area contributed by atoms with E-state index in [1.54, 1.807) is 12.1 Å². The van der Waals surface area contributed by atoms with Gasteiger partial charge in [-0.25, -0.2) is 4.39 Å². The second-order valence-corrected chi connectivity index (χ2v) is 6.10. The standard InChI is InChI=1S/C16H21FN2O2/c1-18-7-13-8-19(9-15(18)11-21-10-13)16(20)6-12-3-2-4-14(17)5-12/h2-5,13,15H,6-11H2,1H3/t13-,15+/m1/s1. The minimum absolute atomic E-state index is 0.0767. The van der Waals surface area contributed by atoms with E-state index in [4.69, 9.17) is 4.74 Å². The van der Waals surface area contributed by atoms with E-state index >= 15 is 0 Å². The molecule has 2 saturated heterocycles. The first kappa shape index (κ1) is 14.5. The van der Waals surface area contributed by atoms with E-state index < -0.39 is 0 Å². The van der Waals surface area contributed by atoms with Crippen molar-refractivity contribution in [2.45, 2.75) is 12.5 Å². The molecule has 3 rings (SSSR count). The van der Waals surface area contributed by atoms with E-state index in [-0.39, 0.29) is 24.2 Å². The van der Waals surface area contributed by atoms with Crippen LogP contribution in [0.3, 0.4) is 0 Å². The third-order valence-electron chi connectivity index (χ3n) is 4.34. The van der Waals surface area contributed by atoms with Crippen molar-refractivity contribution in [2.24, 2.45) is 5.92 Å². The maximum Gasteiger partial charge on any atom is 0.227 e. The molecule has 0 aliphatic carbocycles. The number of benzene rings is 1. The van der Waals surface area contributed by atoms with E-state index in [1.807, 2.05) is 4.90 Å². The summed E-state index contributed by atoms with van der Waals surface area (Å²) >= 11 is 0. The lowest BCUT2D eigenvalue weighted by molar-refractivity contribution is -0.132. The predicted octanol–water partition coefficient (Wildman–Crippen LogP) is 1.16. The third-order valence-corrected chi connectivity index (χ3v) is 4.34. The largest absolute Gasteiger partial charge is 0.379 e. The molecule has 0 N–H and O–H groups in total. The first-order valence-electron chi connectivity index (χ1n) is 7.42. The molecule has 2 fully saturated rings. The van der Waals surface area contributed by atoms with E-state index in [1.165, 1.54) is 12.1 Å². The first-order valence-corrected chi connectivity index (χ1v) is 7.42. The van der Waals surface area contributed by atoms with Crippen LogP contribution < -0.4 is 0 Å². The van der Waals surface area contributed by atoms with Crippen molar-refractivity contribution < 1.29 is 13.9 Å². The summed E-state index contributed by atoms with van der Waals surface area (Å²) in [6, 6.07) is 6.54. The zero-order valence-corrected chi connectivity index (χ0v) is 12.3. The van der Waals surface area contributed by atoms with Crippen LogP contribution in [0.4, 0.5) is 4.39 Å². The van der Waals surface area contributed by atoms with Gasteiger partial charge in [-0.1, -0.05) is 12.1 Å². The summed E-state index contributed by atoms with van der Waals surface area (Å²) in [7, 11) is 2.09. The number of fused-ring (bicyclic) bond motifs is 3. The third kappa shape index (κ3) is 3.41. The van der Waals surface area contributed by atoms with Gasteiger partial charge in [0.25, 0.3) is 0 Å². The lowest BCUT2D eigenvalue weighted by Crippen LogP contribution is -2.45. The topological polar surface area (TPSA) is 32.8 Å². The highest BCUT2D eigenvalue weighted by Crippen LogP contribution is 2.19. The van der Waals surface area contributed by atoms with Gasteiger partial charge in [-0.3, -0.25) is 9.69 Å². The van der Waals surface area contributed by atoms with Crippen LogP contribution in [0.25, 0.3) is 0 Å². The zero-order chi connectivity index (χ0) is 14.8. The van der Waals surface area contributed by atoms with Crippen molar-refractivity contribution in [3.05, 3.63) is 35.6 Å². The van der Waals surface area contributed by atoms with Crippen molar-refractivity contribution >= 4 is 5.91 Å². The van der Waals surface area contributed by atoms with Gasteiger partial charge in [-0.2, -0.15) is 0 Å². The molecule has 114 valence electrons. The Bertz CT molecular complexity index is 523. The molecule has 2 aliphatic rings. The number of rotatable bonds is 2. The van der Waals surface area contributed by atoms with Crippen LogP contribution in [0.5, 0.6) is 0 Å². The molecule has 0 aromatic heterocycles. The Labute approximate surface area is 124 Å². The summed E-state index contributed by atoms with van der Waals surface area (Å²) in [6.07, 6.45) is 0.266. The van der Waals surface area contributed by atoms with Gasteiger partial charge in [0.05, 0.1) is 25.7 Å². The highest BCUT2D eigenvalue weighted by Gasteiger charge is 2.33. The quantitative estimate of drug-likeness (QED) is 0.820. The van der Waals surface area contributed by atoms with E-state index in [0.29, 0.717) is 25.7 Å². The number of hydrogen-bond donors (Lipinski definition) is 0. The molecule has 2 heterocycles. The lowest BCUT2D eigenvalue weighted by atomic mass is 10.1. The maximum atomic E-state index is 13.2. The Hall–Kier alpha value is -1.46. The number of halogens is 1. The maximum absolute atomic E-state index is 13.2. The summed E-state index contributed by atoms with van der Waals surface area (Å²) in [4.78, 5) is 16.7. The molecule has 1 aromatic carbocycles. The van der Waals surface area contributed by atoms with Crippen LogP contribution in [0.15, 0.2) is 24.3 Å². The number of hydrogen-bond acceptors (Lipinski definition) is 3. The smallest absolute Gasteiger partial charge is 0.227 e. The summed E-state index contributed by atoms with van der Waals surface area (Å²) in [5.41, 5.74) is 0.735. The fourth-order valence-corrected chi connectivity index (χ4v) is 3.19. The monoisotopic (exact) mass is 292 g/mol. The summed E-state index contributed by atoms with van der Waals surface area (Å²) in [5, 5.41) is 0. The molecule has 21 heavy (non-hydrogen) atoms. The van der Waals surface area contributed by atoms with E-state index in [0.717, 1.165) is 18.7 Å². The molecule has 5 heteroatoms. The van der Waals surface area contributed by atoms with Crippen LogP contribution in [0.2, 0.25) is 0 Å². The lowest BCUT2D eigenvalue weighted by Gasteiger charge is -2.29. The van der Waals surface area contributed by atoms with Gasteiger partial charge in [0, 0.05) is 25.6 Å². The van der Waals surface area contributed by atoms with Gasteiger partial charge in [0.2, 0.25) is 5.91 Å². The fourth-order valence-electron chi connectivity index (χ4n) is 3.19. The Morgan fingerprint density at radius 2 is 2.19 bits per heavy atom. The number of carbonyl (C=O) groups is 1. The second kappa shape index (κ2) is 6.12. The SMILES string of the molecule is CN1C[C@H]2COC[C@@H]1CN(C(=O)Cc1cccc(F)c1)C2. The van der Waals surface area contributed by atoms with Crippen molar-refractivity contribution in [2.75, 3.05) is 39.9 Å². The van der Waals surface area contributed by atoms with Crippen LogP contribution in [-0.2, 0) is 16.0 Å². The van der Waals surface area contributed by atoms with Crippen molar-refractivity contribution in [1.29, 1.82) is 0 Å². The molecule has 2 atom stereocenters. The molecule has 1 aromatic rings. The highest BCUT2D eigenvalue weighted by atomic mass is 19.1. The van der Waals surface area contributed by atoms with Crippen LogP contribution in [0, 0.1) is 11.7 Å². The molecule has 0 spiro atoms. The number of amides is 1. The number of ether oxygens (including phenoxy) is 1. The molecular formula is C16H21FN2O2. The molecular weight excluding hydrogens is 271 g/mol. The summed E-state index contributed by atoms with van der Waals surface area (Å²) in [5.74, 6) is 0.146. The van der Waals surface area contributed by atoms with Crippen molar-refractivity contribution in [3.8, 4) is 0 Å². The predicted molar refractivity (Wildman–Crippen MR) is 77.4 cm³/mol. The molecule has 2 bridgehead atoms. The number of nitrogens with zero attached hydrogens (tertiary/aromatic N) is 2. The summed E-state index contributed by atoms with van der Waals surface area (Å²) in [6.45, 7) is 3.78. The van der Waals surface area contributed by atoms with Gasteiger partial charge in [0.1, 0.15) is 5.82 Å². The van der Waals surface area contributed by atoms with Gasteiger partial charge in [0.15, 0.2) is 0 Å². The minimum Gasteiger partial charge on any atom is -0.379 e. The molecule has 0 unspecified atom stereocenters. The number of likely N-dealkylation sites (N-methyl/N-ethyl adjacent to an activating group) is 1. The summed E-state index contributed by atoms with van der Waals surface area (Å²) < 4.78 is 18.9. The Kier molecular flexibility index (Phi) is 4.22. The van der Waals surface area contributed by atoms with E-state index in [9.17, 15) is 9.18 Å². The molecule has 4 nitrogen and oxygen atoms in total. The highest BCUT2D eigenvalue weighted by molar-refractivity contribution is 5.78. The average molecular weight is 292 g/mol. The zero-order valence-electron chi connectivity index (χ0n) is 12.3. The van der Waals surface area contributed by atoms with Crippen LogP contribution >= 0.6 is 0 Å². The van der Waals surface area contributed by atoms with E-state index in [2.05, 4.69) is 11.9 Å². The van der Waals surface area contributed by atoms with Gasteiger partial charge < -0.3 is 9.64 Å². The van der Waals surface area contributed by atoms with Crippen LogP contribution in [-0.4, -0.2) is 61.6 Å². The molecule has 0 saturated carbocycles. The van der Waals surface area contributed by atoms with Crippen molar-refractivity contribution in [1.82, 2.24) is 9.80 Å². The van der Waals surface area contributed by atoms with Gasteiger partial charge >= 0.3 is 0 Å². The van der Waals surface area contributed by atoms with Crippen molar-refractivity contribution in [3.63, 3.8) is 0 Å². The molecule has 2 aliphatic heterocycles. The number of carbonyl (C=O) groups excluding carboxylic acids is 1. The van der Waals surface area contributed by atoms with Gasteiger partial charge in [-0.05, 0) is 24.7 Å². The van der Waals surface area contributed by atoms with Gasteiger partial charge in [-0.15, -0.1) is 0 Å². The Morgan fingerprint density at radius 1 is 1.33 bits per heavy atom. The first-order chi connectivity index (χ1) is 10.1. The minimum atomic E-state index is -0.291. The molecule has 0 radical (unpaired) electrons. The Balaban J connectivity index is 1.70.